The number of H-pyrrole nitrogens is 1. The lowest BCUT2D eigenvalue weighted by molar-refractivity contribution is -0.139. The Kier molecular flexibility index (Phi) is 6.31. The highest BCUT2D eigenvalue weighted by Gasteiger charge is 2.28. The maximum absolute atomic E-state index is 12.7. The van der Waals surface area contributed by atoms with Crippen molar-refractivity contribution in [2.24, 2.45) is 0 Å². The van der Waals surface area contributed by atoms with Crippen LogP contribution in [0.25, 0.3) is 0 Å². The molecule has 2 aromatic rings. The minimum atomic E-state index is -0.608. The lowest BCUT2D eigenvalue weighted by atomic mass is 10.0. The third-order valence-electron chi connectivity index (χ3n) is 4.98. The van der Waals surface area contributed by atoms with Crippen molar-refractivity contribution in [3.8, 4) is 5.75 Å². The van der Waals surface area contributed by atoms with Crippen molar-refractivity contribution in [3.05, 3.63) is 58.0 Å². The number of piperazine rings is 1. The van der Waals surface area contributed by atoms with Crippen LogP contribution in [0.1, 0.15) is 42.7 Å². The molecule has 1 fully saturated rings. The van der Waals surface area contributed by atoms with Crippen LogP contribution >= 0.6 is 0 Å². The average molecular weight is 398 g/mol. The number of carbonyl (C=O) groups excluding carboxylic acids is 2. The number of hydrogen-bond acceptors (Lipinski definition) is 5. The summed E-state index contributed by atoms with van der Waals surface area (Å²) in [6.07, 6.45) is -0.608. The number of aromatic nitrogens is 2. The first-order valence-electron chi connectivity index (χ1n) is 9.75. The van der Waals surface area contributed by atoms with Gasteiger partial charge >= 0.3 is 0 Å². The van der Waals surface area contributed by atoms with E-state index in [1.165, 1.54) is 17.7 Å². The van der Waals surface area contributed by atoms with E-state index in [0.717, 1.165) is 0 Å². The minimum absolute atomic E-state index is 0.104. The zero-order valence-corrected chi connectivity index (χ0v) is 16.9. The van der Waals surface area contributed by atoms with Crippen molar-refractivity contribution in [2.45, 2.75) is 32.8 Å². The molecule has 154 valence electrons. The van der Waals surface area contributed by atoms with E-state index in [-0.39, 0.29) is 23.1 Å². The second-order valence-corrected chi connectivity index (χ2v) is 7.41. The first-order chi connectivity index (χ1) is 13.8. The number of benzene rings is 1. The highest BCUT2D eigenvalue weighted by Crippen LogP contribution is 2.20. The van der Waals surface area contributed by atoms with E-state index in [1.54, 1.807) is 16.7 Å². The Morgan fingerprint density at radius 2 is 1.59 bits per heavy atom. The molecule has 1 unspecified atom stereocenters. The van der Waals surface area contributed by atoms with Crippen LogP contribution < -0.4 is 10.3 Å². The molecule has 0 saturated carbocycles. The molecule has 0 bridgehead atoms. The lowest BCUT2D eigenvalue weighted by Gasteiger charge is -2.35. The number of hydrogen-bond donors (Lipinski definition) is 1. The molecule has 2 amide bonds. The third kappa shape index (κ3) is 5.01. The summed E-state index contributed by atoms with van der Waals surface area (Å²) < 4.78 is 5.80. The molecule has 1 N–H and O–H groups in total. The van der Waals surface area contributed by atoms with Crippen LogP contribution in [-0.2, 0) is 4.79 Å². The maximum Gasteiger partial charge on any atom is 0.274 e. The number of nitrogens with one attached hydrogen (secondary N) is 1. The smallest absolute Gasteiger partial charge is 0.274 e. The Morgan fingerprint density at radius 1 is 0.966 bits per heavy atom. The highest BCUT2D eigenvalue weighted by molar-refractivity contribution is 5.92. The van der Waals surface area contributed by atoms with Crippen LogP contribution in [0.4, 0.5) is 0 Å². The summed E-state index contributed by atoms with van der Waals surface area (Å²) in [6, 6.07) is 10.4. The van der Waals surface area contributed by atoms with Crippen molar-refractivity contribution < 1.29 is 14.3 Å². The van der Waals surface area contributed by atoms with E-state index < -0.39 is 6.10 Å². The quantitative estimate of drug-likeness (QED) is 0.826. The normalized spacial score (nSPS) is 15.3. The van der Waals surface area contributed by atoms with Gasteiger partial charge in [-0.25, -0.2) is 5.10 Å². The van der Waals surface area contributed by atoms with Crippen LogP contribution in [0.2, 0.25) is 0 Å². The predicted octanol–water partition coefficient (Wildman–Crippen LogP) is 1.65. The third-order valence-corrected chi connectivity index (χ3v) is 4.98. The first kappa shape index (κ1) is 20.6. The SMILES string of the molecule is CC(Oc1ccc(C(C)C)cc1)C(=O)N1CCN(C(=O)c2ccc(=O)[nH]n2)CC1. The number of carbonyl (C=O) groups is 2. The van der Waals surface area contributed by atoms with Crippen molar-refractivity contribution in [1.29, 1.82) is 0 Å². The van der Waals surface area contributed by atoms with Crippen molar-refractivity contribution in [2.75, 3.05) is 26.2 Å². The van der Waals surface area contributed by atoms with E-state index in [9.17, 15) is 14.4 Å². The van der Waals surface area contributed by atoms with Crippen molar-refractivity contribution in [3.63, 3.8) is 0 Å². The Morgan fingerprint density at radius 3 is 2.14 bits per heavy atom. The van der Waals surface area contributed by atoms with E-state index in [4.69, 9.17) is 4.74 Å². The van der Waals surface area contributed by atoms with Gasteiger partial charge in [0.25, 0.3) is 17.4 Å². The van der Waals surface area contributed by atoms with Gasteiger partial charge in [0.15, 0.2) is 6.10 Å². The average Bonchev–Trinajstić information content (AvgIpc) is 2.73. The van der Waals surface area contributed by atoms with Crippen LogP contribution in [-0.4, -0.2) is 64.1 Å². The summed E-state index contributed by atoms with van der Waals surface area (Å²) in [5.74, 6) is 0.733. The zero-order chi connectivity index (χ0) is 21.0. The Bertz CT molecular complexity index is 895. The Labute approximate surface area is 169 Å². The second-order valence-electron chi connectivity index (χ2n) is 7.41. The van der Waals surface area contributed by atoms with Crippen LogP contribution in [0.3, 0.4) is 0 Å². The molecule has 0 aliphatic carbocycles. The van der Waals surface area contributed by atoms with Gasteiger partial charge < -0.3 is 14.5 Å². The number of aromatic amines is 1. The van der Waals surface area contributed by atoms with Gasteiger partial charge in [-0.05, 0) is 36.6 Å². The summed E-state index contributed by atoms with van der Waals surface area (Å²) in [4.78, 5) is 39.6. The summed E-state index contributed by atoms with van der Waals surface area (Å²) in [5, 5.41) is 6.03. The second kappa shape index (κ2) is 8.89. The molecule has 1 aromatic heterocycles. The highest BCUT2D eigenvalue weighted by atomic mass is 16.5. The van der Waals surface area contributed by atoms with E-state index in [2.05, 4.69) is 24.0 Å². The van der Waals surface area contributed by atoms with Crippen LogP contribution in [0, 0.1) is 0 Å². The van der Waals surface area contributed by atoms with Gasteiger partial charge in [0.05, 0.1) is 0 Å². The molecule has 1 saturated heterocycles. The largest absolute Gasteiger partial charge is 0.481 e. The number of amides is 2. The summed E-state index contributed by atoms with van der Waals surface area (Å²) in [7, 11) is 0. The predicted molar refractivity (Wildman–Crippen MR) is 108 cm³/mol. The standard InChI is InChI=1S/C21H26N4O4/c1-14(2)16-4-6-17(7-5-16)29-15(3)20(27)24-10-12-25(13-11-24)21(28)18-8-9-19(26)23-22-18/h4-9,14-15H,10-13H2,1-3H3,(H,23,26). The van der Waals surface area contributed by atoms with Crippen LogP contribution in [0.5, 0.6) is 5.75 Å². The Balaban J connectivity index is 1.53. The van der Waals surface area contributed by atoms with E-state index in [0.29, 0.717) is 37.8 Å². The molecule has 3 rings (SSSR count). The van der Waals surface area contributed by atoms with E-state index >= 15 is 0 Å². The van der Waals surface area contributed by atoms with Gasteiger partial charge in [-0.1, -0.05) is 26.0 Å². The van der Waals surface area contributed by atoms with Gasteiger partial charge in [-0.2, -0.15) is 5.10 Å². The van der Waals surface area contributed by atoms with Crippen molar-refractivity contribution in [1.82, 2.24) is 20.0 Å². The number of ether oxygens (including phenoxy) is 1. The molecule has 1 aliphatic rings. The monoisotopic (exact) mass is 398 g/mol. The Hall–Kier alpha value is -3.16. The number of rotatable bonds is 5. The molecule has 8 nitrogen and oxygen atoms in total. The van der Waals surface area contributed by atoms with Crippen molar-refractivity contribution >= 4 is 11.8 Å². The number of nitrogens with zero attached hydrogens (tertiary/aromatic N) is 3. The van der Waals surface area contributed by atoms with Gasteiger partial charge in [-0.3, -0.25) is 14.4 Å². The van der Waals surface area contributed by atoms with Gasteiger partial charge in [0, 0.05) is 32.2 Å². The fourth-order valence-electron chi connectivity index (χ4n) is 3.20. The summed E-state index contributed by atoms with van der Waals surface area (Å²) >= 11 is 0. The fraction of sp³-hybridized carbons (Fsp3) is 0.429. The summed E-state index contributed by atoms with van der Waals surface area (Å²) in [5.41, 5.74) is 1.05. The molecule has 0 spiro atoms. The molecule has 1 atom stereocenters. The van der Waals surface area contributed by atoms with Gasteiger partial charge in [0.1, 0.15) is 11.4 Å². The minimum Gasteiger partial charge on any atom is -0.481 e. The summed E-state index contributed by atoms with van der Waals surface area (Å²) in [6.45, 7) is 7.64. The molecule has 8 heteroatoms. The lowest BCUT2D eigenvalue weighted by Crippen LogP contribution is -2.53. The molecule has 0 radical (unpaired) electrons. The molecule has 1 aliphatic heterocycles. The van der Waals surface area contributed by atoms with Crippen LogP contribution in [0.15, 0.2) is 41.2 Å². The molecule has 2 heterocycles. The topological polar surface area (TPSA) is 95.6 Å². The van der Waals surface area contributed by atoms with E-state index in [1.807, 2.05) is 24.3 Å². The van der Waals surface area contributed by atoms with Gasteiger partial charge in [-0.15, -0.1) is 0 Å². The first-order valence-corrected chi connectivity index (χ1v) is 9.75. The molecule has 29 heavy (non-hydrogen) atoms. The van der Waals surface area contributed by atoms with Gasteiger partial charge in [0.2, 0.25) is 0 Å². The fourth-order valence-corrected chi connectivity index (χ4v) is 3.20. The zero-order valence-electron chi connectivity index (χ0n) is 16.9. The molecular formula is C21H26N4O4. The maximum atomic E-state index is 12.7. The molecule has 1 aromatic carbocycles. The molecular weight excluding hydrogens is 372 g/mol.